The first-order valence-electron chi connectivity index (χ1n) is 14.0. The van der Waals surface area contributed by atoms with E-state index in [4.69, 9.17) is 4.74 Å². The summed E-state index contributed by atoms with van der Waals surface area (Å²) in [5, 5.41) is 9.23. The third-order valence-electron chi connectivity index (χ3n) is 8.80. The van der Waals surface area contributed by atoms with Crippen LogP contribution in [0.4, 0.5) is 0 Å². The normalized spacial score (nSPS) is 27.5. The lowest BCUT2D eigenvalue weighted by Crippen LogP contribution is -2.66. The molecule has 202 valence electrons. The molecule has 3 aliphatic heterocycles. The van der Waals surface area contributed by atoms with E-state index in [9.17, 15) is 14.4 Å². The number of carbonyl (C=O) groups is 3. The van der Waals surface area contributed by atoms with E-state index in [1.807, 2.05) is 24.3 Å². The summed E-state index contributed by atoms with van der Waals surface area (Å²) in [6, 6.07) is 6.19. The number of piperazine rings is 1. The molecule has 1 saturated carbocycles. The Morgan fingerprint density at radius 2 is 1.81 bits per heavy atom. The largest absolute Gasteiger partial charge is 0.491 e. The van der Waals surface area contributed by atoms with Crippen molar-refractivity contribution in [3.8, 4) is 5.75 Å². The molecule has 5 unspecified atom stereocenters. The summed E-state index contributed by atoms with van der Waals surface area (Å²) in [5.41, 5.74) is 0.969. The van der Waals surface area contributed by atoms with Crippen molar-refractivity contribution in [3.05, 3.63) is 29.8 Å². The molecule has 3 N–H and O–H groups in total. The number of fused-ring (bicyclic) bond motifs is 2. The third-order valence-corrected chi connectivity index (χ3v) is 8.80. The summed E-state index contributed by atoms with van der Waals surface area (Å²) in [6.45, 7) is 4.19. The number of nitrogens with zero attached hydrogens (tertiary/aromatic N) is 2. The maximum absolute atomic E-state index is 14.3. The van der Waals surface area contributed by atoms with Gasteiger partial charge in [0.05, 0.1) is 12.1 Å². The zero-order chi connectivity index (χ0) is 25.9. The van der Waals surface area contributed by atoms with Gasteiger partial charge < -0.3 is 25.6 Å². The monoisotopic (exact) mass is 511 g/mol. The van der Waals surface area contributed by atoms with Gasteiger partial charge in [0.25, 0.3) is 0 Å². The minimum atomic E-state index is -0.609. The Morgan fingerprint density at radius 3 is 2.59 bits per heavy atom. The predicted molar refractivity (Wildman–Crippen MR) is 140 cm³/mol. The quantitative estimate of drug-likeness (QED) is 0.514. The van der Waals surface area contributed by atoms with Crippen LogP contribution in [0.5, 0.6) is 5.75 Å². The lowest BCUT2D eigenvalue weighted by Gasteiger charge is -2.45. The van der Waals surface area contributed by atoms with E-state index in [2.05, 4.69) is 20.9 Å². The lowest BCUT2D eigenvalue weighted by molar-refractivity contribution is -0.149. The molecule has 4 aliphatic rings. The zero-order valence-corrected chi connectivity index (χ0v) is 22.1. The minimum Gasteiger partial charge on any atom is -0.491 e. The molecule has 0 aromatic heterocycles. The highest BCUT2D eigenvalue weighted by Crippen LogP contribution is 2.33. The molecule has 2 saturated heterocycles. The van der Waals surface area contributed by atoms with Crippen LogP contribution in [0.1, 0.15) is 63.5 Å². The minimum absolute atomic E-state index is 0.0923. The van der Waals surface area contributed by atoms with Gasteiger partial charge in [0.1, 0.15) is 24.4 Å². The molecular formula is C28H41N5O4. The average Bonchev–Trinajstić information content (AvgIpc) is 3.57. The molecule has 3 amide bonds. The second-order valence-electron chi connectivity index (χ2n) is 11.1. The standard InChI is InChI=1S/C28H41N5O4/c1-18(29-2)26(34)31-25(19-9-4-3-5-10-19)28(36)33-15-20-11-8-14-32(20)16-23(33)27(35)30-22-17-37-24-13-7-6-12-21(22)24/h6-7,12-13,18-20,22-23,25,29H,3-5,8-11,14-17H2,1-2H3,(H,30,35)(H,31,34). The van der Waals surface area contributed by atoms with Crippen molar-refractivity contribution in [2.45, 2.75) is 82.1 Å². The van der Waals surface area contributed by atoms with Gasteiger partial charge in [-0.3, -0.25) is 19.3 Å². The molecular weight excluding hydrogens is 470 g/mol. The van der Waals surface area contributed by atoms with Gasteiger partial charge in [-0.25, -0.2) is 0 Å². The van der Waals surface area contributed by atoms with Gasteiger partial charge in [-0.05, 0) is 58.2 Å². The topological polar surface area (TPSA) is 103 Å². The molecule has 5 atom stereocenters. The number of carbonyl (C=O) groups excluding carboxylic acids is 3. The van der Waals surface area contributed by atoms with Crippen LogP contribution in [0, 0.1) is 5.92 Å². The van der Waals surface area contributed by atoms with Crippen LogP contribution < -0.4 is 20.7 Å². The fourth-order valence-electron chi connectivity index (χ4n) is 6.47. The zero-order valence-electron chi connectivity index (χ0n) is 22.1. The highest BCUT2D eigenvalue weighted by molar-refractivity contribution is 5.93. The molecule has 3 fully saturated rings. The maximum Gasteiger partial charge on any atom is 0.246 e. The van der Waals surface area contributed by atoms with E-state index < -0.39 is 18.1 Å². The van der Waals surface area contributed by atoms with Crippen LogP contribution in [0.3, 0.4) is 0 Å². The fourth-order valence-corrected chi connectivity index (χ4v) is 6.47. The van der Waals surface area contributed by atoms with Crippen LogP contribution in [0.2, 0.25) is 0 Å². The van der Waals surface area contributed by atoms with Gasteiger partial charge in [0.15, 0.2) is 0 Å². The SMILES string of the molecule is CNC(C)C(=O)NC(C(=O)N1CC2CCCN2CC1C(=O)NC1COc2ccccc21)C1CCCCC1. The fraction of sp³-hybridized carbons (Fsp3) is 0.679. The highest BCUT2D eigenvalue weighted by atomic mass is 16.5. The molecule has 37 heavy (non-hydrogen) atoms. The molecule has 0 spiro atoms. The molecule has 0 bridgehead atoms. The maximum atomic E-state index is 14.3. The second-order valence-corrected chi connectivity index (χ2v) is 11.1. The van der Waals surface area contributed by atoms with E-state index in [0.717, 1.165) is 62.8 Å². The summed E-state index contributed by atoms with van der Waals surface area (Å²) < 4.78 is 5.78. The Labute approximate surface area is 219 Å². The van der Waals surface area contributed by atoms with Crippen molar-refractivity contribution >= 4 is 17.7 Å². The van der Waals surface area contributed by atoms with Crippen LogP contribution in [0.15, 0.2) is 24.3 Å². The van der Waals surface area contributed by atoms with Gasteiger partial charge >= 0.3 is 0 Å². The number of hydrogen-bond acceptors (Lipinski definition) is 6. The number of rotatable bonds is 7. The highest BCUT2D eigenvalue weighted by Gasteiger charge is 2.45. The summed E-state index contributed by atoms with van der Waals surface area (Å²) in [5.74, 6) is 0.448. The van der Waals surface area contributed by atoms with E-state index in [0.29, 0.717) is 19.7 Å². The van der Waals surface area contributed by atoms with Crippen molar-refractivity contribution in [1.29, 1.82) is 0 Å². The summed E-state index contributed by atoms with van der Waals surface area (Å²) in [6.07, 6.45) is 7.23. The summed E-state index contributed by atoms with van der Waals surface area (Å²) >= 11 is 0. The van der Waals surface area contributed by atoms with Crippen molar-refractivity contribution in [1.82, 2.24) is 25.8 Å². The summed E-state index contributed by atoms with van der Waals surface area (Å²) in [4.78, 5) is 45.1. The number of likely N-dealkylation sites (N-methyl/N-ethyl adjacent to an activating group) is 1. The molecule has 9 heteroatoms. The smallest absolute Gasteiger partial charge is 0.246 e. The van der Waals surface area contributed by atoms with E-state index in [-0.39, 0.29) is 35.7 Å². The van der Waals surface area contributed by atoms with Crippen LogP contribution in [-0.2, 0) is 14.4 Å². The number of ether oxygens (including phenoxy) is 1. The first kappa shape index (κ1) is 26.0. The van der Waals surface area contributed by atoms with E-state index in [1.54, 1.807) is 18.9 Å². The van der Waals surface area contributed by atoms with Crippen molar-refractivity contribution in [2.75, 3.05) is 33.3 Å². The molecule has 0 radical (unpaired) electrons. The molecule has 9 nitrogen and oxygen atoms in total. The number of nitrogens with one attached hydrogen (secondary N) is 3. The van der Waals surface area contributed by atoms with E-state index >= 15 is 0 Å². The molecule has 5 rings (SSSR count). The third kappa shape index (κ3) is 5.48. The Balaban J connectivity index is 1.38. The number of para-hydroxylation sites is 1. The first-order chi connectivity index (χ1) is 18.0. The lowest BCUT2D eigenvalue weighted by atomic mass is 9.82. The van der Waals surface area contributed by atoms with Gasteiger partial charge in [0, 0.05) is 24.7 Å². The second kappa shape index (κ2) is 11.4. The van der Waals surface area contributed by atoms with Crippen molar-refractivity contribution in [3.63, 3.8) is 0 Å². The van der Waals surface area contributed by atoms with Crippen molar-refractivity contribution in [2.24, 2.45) is 5.92 Å². The Kier molecular flexibility index (Phi) is 8.00. The Hall–Kier alpha value is -2.65. The molecule has 1 aliphatic carbocycles. The van der Waals surface area contributed by atoms with Gasteiger partial charge in [-0.1, -0.05) is 37.5 Å². The molecule has 3 heterocycles. The number of benzene rings is 1. The number of amides is 3. The molecule has 1 aromatic rings. The van der Waals surface area contributed by atoms with Crippen LogP contribution >= 0.6 is 0 Å². The predicted octanol–water partition coefficient (Wildman–Crippen LogP) is 1.58. The van der Waals surface area contributed by atoms with Gasteiger partial charge in [-0.2, -0.15) is 0 Å². The van der Waals surface area contributed by atoms with E-state index in [1.165, 1.54) is 0 Å². The first-order valence-corrected chi connectivity index (χ1v) is 14.0. The number of hydrogen-bond donors (Lipinski definition) is 3. The average molecular weight is 512 g/mol. The Bertz CT molecular complexity index is 997. The Morgan fingerprint density at radius 1 is 1.03 bits per heavy atom. The van der Waals surface area contributed by atoms with Crippen molar-refractivity contribution < 1.29 is 19.1 Å². The van der Waals surface area contributed by atoms with Gasteiger partial charge in [-0.15, -0.1) is 0 Å². The van der Waals surface area contributed by atoms with Crippen LogP contribution in [-0.4, -0.2) is 85.0 Å². The van der Waals surface area contributed by atoms with Gasteiger partial charge in [0.2, 0.25) is 17.7 Å². The molecule has 1 aromatic carbocycles. The van der Waals surface area contributed by atoms with Crippen LogP contribution in [0.25, 0.3) is 0 Å². The summed E-state index contributed by atoms with van der Waals surface area (Å²) in [7, 11) is 1.74.